The highest BCUT2D eigenvalue weighted by molar-refractivity contribution is 7.54. The fourth-order valence-electron chi connectivity index (χ4n) is 2.03. The molecule has 0 aromatic heterocycles. The standard InChI is InChI=1S/C18H15Cl2N2O4P/c1-12-7-15(3-5-17(12)19)25-27(24,11-22-14(9-21)10-23)26-16-4-6-18(20)13(2)8-16/h3-8,22H,11H2,1-2H3. The molecule has 6 nitrogen and oxygen atoms in total. The van der Waals surface area contributed by atoms with Crippen molar-refractivity contribution < 1.29 is 18.4 Å². The largest absolute Gasteiger partial charge is 0.449 e. The molecule has 9 heteroatoms. The van der Waals surface area contributed by atoms with Gasteiger partial charge in [0.25, 0.3) is 0 Å². The van der Waals surface area contributed by atoms with Gasteiger partial charge >= 0.3 is 7.60 Å². The van der Waals surface area contributed by atoms with Crippen molar-refractivity contribution in [2.45, 2.75) is 13.8 Å². The minimum absolute atomic E-state index is 0.265. The highest BCUT2D eigenvalue weighted by Gasteiger charge is 2.29. The maximum atomic E-state index is 13.3. The van der Waals surface area contributed by atoms with Crippen LogP contribution >= 0.6 is 30.8 Å². The van der Waals surface area contributed by atoms with Gasteiger partial charge in [0, 0.05) is 10.0 Å². The first-order valence-corrected chi connectivity index (χ1v) is 10.1. The van der Waals surface area contributed by atoms with E-state index in [0.717, 1.165) is 11.1 Å². The smallest absolute Gasteiger partial charge is 0.415 e. The van der Waals surface area contributed by atoms with Gasteiger partial charge in [-0.1, -0.05) is 23.2 Å². The van der Waals surface area contributed by atoms with Gasteiger partial charge in [0.2, 0.25) is 0 Å². The summed E-state index contributed by atoms with van der Waals surface area (Å²) in [6.07, 6.45) is -0.422. The Morgan fingerprint density at radius 1 is 1.07 bits per heavy atom. The summed E-state index contributed by atoms with van der Waals surface area (Å²) in [6, 6.07) is 11.1. The number of halogens is 2. The van der Waals surface area contributed by atoms with Crippen molar-refractivity contribution in [3.63, 3.8) is 0 Å². The molecular weight excluding hydrogens is 410 g/mol. The van der Waals surface area contributed by atoms with E-state index in [-0.39, 0.29) is 11.5 Å². The molecule has 0 radical (unpaired) electrons. The Labute approximate surface area is 166 Å². The predicted molar refractivity (Wildman–Crippen MR) is 104 cm³/mol. The van der Waals surface area contributed by atoms with Gasteiger partial charge in [-0.05, 0) is 61.4 Å². The molecule has 0 unspecified atom stereocenters. The van der Waals surface area contributed by atoms with Crippen LogP contribution in [0.15, 0.2) is 42.1 Å². The molecule has 2 aromatic carbocycles. The Bertz CT molecular complexity index is 940. The number of nitriles is 1. The SMILES string of the molecule is Cc1cc(OP(=O)(CNC(=C=O)C#N)Oc2ccc(Cl)c(C)c2)ccc1Cl. The second-order valence-corrected chi connectivity index (χ2v) is 8.26. The molecule has 1 N–H and O–H groups in total. The van der Waals surface area contributed by atoms with Crippen LogP contribution in [0.4, 0.5) is 0 Å². The van der Waals surface area contributed by atoms with E-state index < -0.39 is 19.6 Å². The van der Waals surface area contributed by atoms with Crippen LogP contribution in [0.2, 0.25) is 10.0 Å². The summed E-state index contributed by atoms with van der Waals surface area (Å²) in [7, 11) is -3.86. The third-order valence-corrected chi connectivity index (χ3v) is 5.78. The molecule has 2 rings (SSSR count). The third kappa shape index (κ3) is 5.79. The predicted octanol–water partition coefficient (Wildman–Crippen LogP) is 5.05. The lowest BCUT2D eigenvalue weighted by molar-refractivity contribution is 0.383. The van der Waals surface area contributed by atoms with Crippen molar-refractivity contribution in [3.8, 4) is 17.6 Å². The van der Waals surface area contributed by atoms with Gasteiger partial charge in [-0.15, -0.1) is 0 Å². The average Bonchev–Trinajstić information content (AvgIpc) is 2.62. The zero-order valence-corrected chi connectivity index (χ0v) is 16.9. The molecule has 0 bridgehead atoms. The number of hydrogen-bond acceptors (Lipinski definition) is 6. The van der Waals surface area contributed by atoms with E-state index in [0.29, 0.717) is 10.0 Å². The van der Waals surface area contributed by atoms with Crippen LogP contribution in [0.1, 0.15) is 11.1 Å². The lowest BCUT2D eigenvalue weighted by atomic mass is 10.2. The van der Waals surface area contributed by atoms with Crippen molar-refractivity contribution in [3.05, 3.63) is 63.3 Å². The van der Waals surface area contributed by atoms with E-state index in [9.17, 15) is 9.36 Å². The summed E-state index contributed by atoms with van der Waals surface area (Å²) in [6.45, 7) is 3.54. The van der Waals surface area contributed by atoms with Crippen LogP contribution in [0.3, 0.4) is 0 Å². The topological polar surface area (TPSA) is 88.4 Å². The van der Waals surface area contributed by atoms with Crippen molar-refractivity contribution in [2.75, 3.05) is 6.29 Å². The van der Waals surface area contributed by atoms with E-state index in [1.807, 2.05) is 0 Å². The summed E-state index contributed by atoms with van der Waals surface area (Å²) >= 11 is 12.0. The monoisotopic (exact) mass is 424 g/mol. The fourth-order valence-corrected chi connectivity index (χ4v) is 3.65. The second kappa shape index (κ2) is 8.99. The van der Waals surface area contributed by atoms with Crippen molar-refractivity contribution >= 4 is 36.7 Å². The van der Waals surface area contributed by atoms with Crippen molar-refractivity contribution in [2.24, 2.45) is 0 Å². The number of benzene rings is 2. The van der Waals surface area contributed by atoms with Gasteiger partial charge in [-0.2, -0.15) is 5.26 Å². The van der Waals surface area contributed by atoms with Crippen LogP contribution in [-0.4, -0.2) is 12.2 Å². The Balaban J connectivity index is 2.32. The normalized spacial score (nSPS) is 10.5. The highest BCUT2D eigenvalue weighted by atomic mass is 35.5. The van der Waals surface area contributed by atoms with Gasteiger partial charge in [0.1, 0.15) is 23.9 Å². The number of rotatable bonds is 7. The lowest BCUT2D eigenvalue weighted by Crippen LogP contribution is -2.19. The van der Waals surface area contributed by atoms with E-state index >= 15 is 0 Å². The molecule has 0 fully saturated rings. The van der Waals surface area contributed by atoms with Crippen LogP contribution in [0.25, 0.3) is 0 Å². The minimum Gasteiger partial charge on any atom is -0.415 e. The molecule has 0 aliphatic rings. The van der Waals surface area contributed by atoms with Crippen LogP contribution in [0.5, 0.6) is 11.5 Å². The van der Waals surface area contributed by atoms with Gasteiger partial charge < -0.3 is 14.4 Å². The summed E-state index contributed by atoms with van der Waals surface area (Å²) < 4.78 is 24.4. The zero-order valence-electron chi connectivity index (χ0n) is 14.5. The molecule has 0 aliphatic heterocycles. The number of nitrogens with one attached hydrogen (secondary N) is 1. The molecule has 0 saturated carbocycles. The summed E-state index contributed by atoms with van der Waals surface area (Å²) in [5, 5.41) is 12.3. The second-order valence-electron chi connectivity index (χ2n) is 5.54. The van der Waals surface area contributed by atoms with E-state index in [4.69, 9.17) is 37.5 Å². The number of hydrogen-bond donors (Lipinski definition) is 1. The Morgan fingerprint density at radius 3 is 1.93 bits per heavy atom. The van der Waals surface area contributed by atoms with Gasteiger partial charge in [0.15, 0.2) is 11.6 Å². The summed E-state index contributed by atoms with van der Waals surface area (Å²) in [5.74, 6) is 1.94. The average molecular weight is 425 g/mol. The summed E-state index contributed by atoms with van der Waals surface area (Å²) in [5.41, 5.74) is 1.03. The number of aryl methyl sites for hydroxylation is 2. The van der Waals surface area contributed by atoms with Crippen molar-refractivity contribution in [1.82, 2.24) is 5.32 Å². The lowest BCUT2D eigenvalue weighted by Gasteiger charge is -2.21. The van der Waals surface area contributed by atoms with Crippen LogP contribution in [0, 0.1) is 25.2 Å². The molecule has 0 heterocycles. The van der Waals surface area contributed by atoms with Crippen molar-refractivity contribution in [1.29, 1.82) is 5.26 Å². The number of allylic oxidation sites excluding steroid dienone is 1. The van der Waals surface area contributed by atoms with Crippen LogP contribution in [-0.2, 0) is 9.36 Å². The highest BCUT2D eigenvalue weighted by Crippen LogP contribution is 2.48. The number of nitrogens with zero attached hydrogens (tertiary/aromatic N) is 1. The molecule has 2 aromatic rings. The molecule has 0 spiro atoms. The van der Waals surface area contributed by atoms with E-state index in [2.05, 4.69) is 5.32 Å². The van der Waals surface area contributed by atoms with E-state index in [1.165, 1.54) is 5.94 Å². The van der Waals surface area contributed by atoms with E-state index in [1.54, 1.807) is 56.3 Å². The Kier molecular flexibility index (Phi) is 6.96. The van der Waals surface area contributed by atoms with Gasteiger partial charge in [-0.25, -0.2) is 9.36 Å². The first-order chi connectivity index (χ1) is 12.8. The molecule has 0 atom stereocenters. The molecule has 0 saturated heterocycles. The quantitative estimate of drug-likeness (QED) is 0.380. The minimum atomic E-state index is -3.86. The molecule has 0 amide bonds. The molecule has 27 heavy (non-hydrogen) atoms. The first kappa shape index (κ1) is 20.9. The van der Waals surface area contributed by atoms with Gasteiger partial charge in [-0.3, -0.25) is 0 Å². The fraction of sp³-hybridized carbons (Fsp3) is 0.167. The maximum absolute atomic E-state index is 13.3. The molecular formula is C18H15Cl2N2O4P. The Morgan fingerprint density at radius 2 is 1.56 bits per heavy atom. The summed E-state index contributed by atoms with van der Waals surface area (Å²) in [4.78, 5) is 10.7. The third-order valence-electron chi connectivity index (χ3n) is 3.41. The number of carbonyl (C=O) groups excluding carboxylic acids is 1. The zero-order chi connectivity index (χ0) is 20.0. The maximum Gasteiger partial charge on any atom is 0.449 e. The van der Waals surface area contributed by atoms with Gasteiger partial charge in [0.05, 0.1) is 0 Å². The molecule has 140 valence electrons. The first-order valence-electron chi connectivity index (χ1n) is 7.66. The van der Waals surface area contributed by atoms with Crippen LogP contribution < -0.4 is 14.4 Å². The molecule has 0 aliphatic carbocycles. The Hall–Kier alpha value is -2.41.